The highest BCUT2D eigenvalue weighted by molar-refractivity contribution is 14.1. The number of aromatic nitrogens is 4. The third-order valence-corrected chi connectivity index (χ3v) is 3.19. The fourth-order valence-electron chi connectivity index (χ4n) is 0.983. The van der Waals surface area contributed by atoms with Crippen LogP contribution in [0.3, 0.4) is 0 Å². The second-order valence-electron chi connectivity index (χ2n) is 2.61. The summed E-state index contributed by atoms with van der Waals surface area (Å²) in [6.07, 6.45) is 1.69. The van der Waals surface area contributed by atoms with Crippen molar-refractivity contribution >= 4 is 34.2 Å². The summed E-state index contributed by atoms with van der Waals surface area (Å²) in [4.78, 5) is 0. The molecule has 2 rings (SSSR count). The SMILES string of the molecule is Cn1ncc(-c2nnc(CCl)o2)c1I. The van der Waals surface area contributed by atoms with Crippen molar-refractivity contribution < 1.29 is 4.42 Å². The van der Waals surface area contributed by atoms with Gasteiger partial charge in [-0.1, -0.05) is 0 Å². The summed E-state index contributed by atoms with van der Waals surface area (Å²) in [6, 6.07) is 0. The number of hydrogen-bond acceptors (Lipinski definition) is 4. The maximum absolute atomic E-state index is 5.55. The molecular formula is C7H6ClIN4O. The molecule has 2 heterocycles. The Kier molecular flexibility index (Phi) is 2.73. The first-order valence-electron chi connectivity index (χ1n) is 3.78. The zero-order valence-corrected chi connectivity index (χ0v) is 10.2. The number of hydrogen-bond donors (Lipinski definition) is 0. The van der Waals surface area contributed by atoms with Gasteiger partial charge >= 0.3 is 0 Å². The van der Waals surface area contributed by atoms with Gasteiger partial charge in [-0.15, -0.1) is 21.8 Å². The first-order chi connectivity index (χ1) is 6.72. The Hall–Kier alpha value is -0.630. The lowest BCUT2D eigenvalue weighted by atomic mass is 10.4. The molecule has 0 atom stereocenters. The van der Waals surface area contributed by atoms with Crippen LogP contribution < -0.4 is 0 Å². The van der Waals surface area contributed by atoms with Crippen LogP contribution in [0.25, 0.3) is 11.5 Å². The molecule has 0 bridgehead atoms. The van der Waals surface area contributed by atoms with Gasteiger partial charge in [-0.2, -0.15) is 5.10 Å². The molecule has 2 aromatic heterocycles. The molecule has 0 unspecified atom stereocenters. The Balaban J connectivity index is 2.44. The molecule has 0 saturated carbocycles. The molecule has 2 aromatic rings. The van der Waals surface area contributed by atoms with E-state index in [1.807, 2.05) is 7.05 Å². The van der Waals surface area contributed by atoms with E-state index in [9.17, 15) is 0 Å². The number of halogens is 2. The zero-order valence-electron chi connectivity index (χ0n) is 7.24. The number of nitrogens with zero attached hydrogens (tertiary/aromatic N) is 4. The first-order valence-corrected chi connectivity index (χ1v) is 5.40. The van der Waals surface area contributed by atoms with Crippen molar-refractivity contribution in [1.82, 2.24) is 20.0 Å². The molecule has 0 spiro atoms. The standard InChI is InChI=1S/C7H6ClIN4O/c1-13-6(9)4(3-10-13)7-12-11-5(2-8)14-7/h3H,2H2,1H3. The summed E-state index contributed by atoms with van der Waals surface area (Å²) in [7, 11) is 1.85. The minimum absolute atomic E-state index is 0.226. The molecule has 0 amide bonds. The van der Waals surface area contributed by atoms with E-state index < -0.39 is 0 Å². The van der Waals surface area contributed by atoms with E-state index in [-0.39, 0.29) is 5.88 Å². The van der Waals surface area contributed by atoms with E-state index >= 15 is 0 Å². The third kappa shape index (κ3) is 1.63. The van der Waals surface area contributed by atoms with E-state index in [4.69, 9.17) is 16.0 Å². The van der Waals surface area contributed by atoms with Crippen molar-refractivity contribution in [2.24, 2.45) is 7.05 Å². The Morgan fingerprint density at radius 1 is 1.57 bits per heavy atom. The Labute approximate surface area is 98.6 Å². The van der Waals surface area contributed by atoms with Crippen LogP contribution in [0.2, 0.25) is 0 Å². The second-order valence-corrected chi connectivity index (χ2v) is 3.90. The van der Waals surface area contributed by atoms with Crippen LogP contribution in [0.5, 0.6) is 0 Å². The van der Waals surface area contributed by atoms with Crippen LogP contribution in [0.4, 0.5) is 0 Å². The molecule has 0 saturated heterocycles. The van der Waals surface area contributed by atoms with Crippen molar-refractivity contribution in [1.29, 1.82) is 0 Å². The Bertz CT molecular complexity index is 452. The predicted molar refractivity (Wildman–Crippen MR) is 58.8 cm³/mol. The minimum atomic E-state index is 0.226. The average molecular weight is 325 g/mol. The van der Waals surface area contributed by atoms with Gasteiger partial charge < -0.3 is 4.42 Å². The number of aryl methyl sites for hydroxylation is 1. The number of rotatable bonds is 2. The smallest absolute Gasteiger partial charge is 0.252 e. The van der Waals surface area contributed by atoms with Crippen LogP contribution in [-0.4, -0.2) is 20.0 Å². The van der Waals surface area contributed by atoms with Crippen LogP contribution in [0.15, 0.2) is 10.6 Å². The molecule has 74 valence electrons. The maximum Gasteiger partial charge on any atom is 0.252 e. The topological polar surface area (TPSA) is 56.7 Å². The van der Waals surface area contributed by atoms with Crippen molar-refractivity contribution in [3.8, 4) is 11.5 Å². The fraction of sp³-hybridized carbons (Fsp3) is 0.286. The average Bonchev–Trinajstić information content (AvgIpc) is 2.75. The molecule has 7 heteroatoms. The van der Waals surface area contributed by atoms with Crippen molar-refractivity contribution in [3.63, 3.8) is 0 Å². The summed E-state index contributed by atoms with van der Waals surface area (Å²) < 4.78 is 7.99. The molecule has 0 aliphatic rings. The van der Waals surface area contributed by atoms with Gasteiger partial charge in [0.25, 0.3) is 5.89 Å². The molecule has 0 radical (unpaired) electrons. The molecule has 0 aliphatic heterocycles. The van der Waals surface area contributed by atoms with Crippen molar-refractivity contribution in [2.45, 2.75) is 5.88 Å². The quantitative estimate of drug-likeness (QED) is 0.624. The zero-order chi connectivity index (χ0) is 10.1. The van der Waals surface area contributed by atoms with Gasteiger partial charge in [0.1, 0.15) is 9.58 Å². The fourth-order valence-corrected chi connectivity index (χ4v) is 1.59. The lowest BCUT2D eigenvalue weighted by Gasteiger charge is -1.91. The summed E-state index contributed by atoms with van der Waals surface area (Å²) in [5.74, 6) is 1.10. The van der Waals surface area contributed by atoms with Crippen molar-refractivity contribution in [3.05, 3.63) is 15.8 Å². The molecule has 0 aliphatic carbocycles. The van der Waals surface area contributed by atoms with Crippen LogP contribution in [-0.2, 0) is 12.9 Å². The normalized spacial score (nSPS) is 10.8. The van der Waals surface area contributed by atoms with Crippen molar-refractivity contribution in [2.75, 3.05) is 0 Å². The second kappa shape index (κ2) is 3.85. The minimum Gasteiger partial charge on any atom is -0.419 e. The van der Waals surface area contributed by atoms with Gasteiger partial charge in [-0.25, -0.2) is 0 Å². The van der Waals surface area contributed by atoms with Gasteiger partial charge in [0.15, 0.2) is 0 Å². The third-order valence-electron chi connectivity index (χ3n) is 1.68. The summed E-state index contributed by atoms with van der Waals surface area (Å²) in [5.41, 5.74) is 0.831. The summed E-state index contributed by atoms with van der Waals surface area (Å²) >= 11 is 7.72. The monoisotopic (exact) mass is 324 g/mol. The molecule has 0 N–H and O–H groups in total. The lowest BCUT2D eigenvalue weighted by molar-refractivity contribution is 0.527. The largest absolute Gasteiger partial charge is 0.419 e. The van der Waals surface area contributed by atoms with E-state index in [1.165, 1.54) is 0 Å². The van der Waals surface area contributed by atoms with E-state index in [0.29, 0.717) is 11.8 Å². The van der Waals surface area contributed by atoms with Gasteiger partial charge in [0.2, 0.25) is 5.89 Å². The highest BCUT2D eigenvalue weighted by Gasteiger charge is 2.14. The Morgan fingerprint density at radius 2 is 2.36 bits per heavy atom. The highest BCUT2D eigenvalue weighted by Crippen LogP contribution is 2.23. The van der Waals surface area contributed by atoms with Crippen LogP contribution >= 0.6 is 34.2 Å². The molecule has 5 nitrogen and oxygen atoms in total. The number of alkyl halides is 1. The van der Waals surface area contributed by atoms with E-state index in [1.54, 1.807) is 10.9 Å². The molecule has 0 fully saturated rings. The van der Waals surface area contributed by atoms with Crippen LogP contribution in [0, 0.1) is 3.70 Å². The Morgan fingerprint density at radius 3 is 2.86 bits per heavy atom. The maximum atomic E-state index is 5.55. The van der Waals surface area contributed by atoms with Gasteiger partial charge in [-0.05, 0) is 22.6 Å². The molecular weight excluding hydrogens is 318 g/mol. The predicted octanol–water partition coefficient (Wildman–Crippen LogP) is 1.81. The summed E-state index contributed by atoms with van der Waals surface area (Å²) in [5, 5.41) is 11.7. The van der Waals surface area contributed by atoms with Crippen LogP contribution in [0.1, 0.15) is 5.89 Å². The molecule has 14 heavy (non-hydrogen) atoms. The molecule has 0 aromatic carbocycles. The van der Waals surface area contributed by atoms with E-state index in [0.717, 1.165) is 9.26 Å². The highest BCUT2D eigenvalue weighted by atomic mass is 127. The van der Waals surface area contributed by atoms with Gasteiger partial charge in [-0.3, -0.25) is 4.68 Å². The first kappa shape index (κ1) is 9.91. The van der Waals surface area contributed by atoms with E-state index in [2.05, 4.69) is 37.9 Å². The summed E-state index contributed by atoms with van der Waals surface area (Å²) in [6.45, 7) is 0. The van der Waals surface area contributed by atoms with Gasteiger partial charge in [0, 0.05) is 7.05 Å². The van der Waals surface area contributed by atoms with Gasteiger partial charge in [0.05, 0.1) is 11.8 Å². The lowest BCUT2D eigenvalue weighted by Crippen LogP contribution is -1.92.